The standard InChI is InChI=1S/C27H27N3O5S/c1-29(2)26-18(13-19-20(32-3)9-10-22(33-4)25(19)28-26)15-30(27(31)24-6-5-11-36-24)14-17-7-8-21-23(12-17)35-16-34-21/h5-13H,14-16H2,1-4H3. The molecule has 4 aromatic rings. The summed E-state index contributed by atoms with van der Waals surface area (Å²) >= 11 is 1.43. The first-order chi connectivity index (χ1) is 17.5. The van der Waals surface area contributed by atoms with Crippen molar-refractivity contribution in [3.05, 3.63) is 69.9 Å². The Bertz CT molecular complexity index is 1400. The first-order valence-electron chi connectivity index (χ1n) is 11.4. The minimum atomic E-state index is -0.0509. The number of thiophene rings is 1. The van der Waals surface area contributed by atoms with Gasteiger partial charge in [-0.3, -0.25) is 4.79 Å². The molecule has 0 aliphatic carbocycles. The number of amides is 1. The topological polar surface area (TPSA) is 73.4 Å². The Hall–Kier alpha value is -3.98. The van der Waals surface area contributed by atoms with E-state index in [0.717, 1.165) is 22.3 Å². The number of anilines is 1. The van der Waals surface area contributed by atoms with Gasteiger partial charge in [-0.15, -0.1) is 11.3 Å². The molecule has 3 heterocycles. The number of rotatable bonds is 8. The molecule has 0 saturated carbocycles. The molecule has 0 atom stereocenters. The summed E-state index contributed by atoms with van der Waals surface area (Å²) in [6, 6.07) is 15.2. The maximum absolute atomic E-state index is 13.6. The smallest absolute Gasteiger partial charge is 0.264 e. The van der Waals surface area contributed by atoms with Crippen LogP contribution in [-0.4, -0.2) is 50.9 Å². The van der Waals surface area contributed by atoms with Crippen molar-refractivity contribution in [3.8, 4) is 23.0 Å². The average molecular weight is 506 g/mol. The molecule has 0 fully saturated rings. The van der Waals surface area contributed by atoms with Crippen molar-refractivity contribution in [1.82, 2.24) is 9.88 Å². The molecule has 9 heteroatoms. The number of fused-ring (bicyclic) bond motifs is 2. The number of methoxy groups -OCH3 is 2. The van der Waals surface area contributed by atoms with Crippen LogP contribution >= 0.6 is 11.3 Å². The zero-order chi connectivity index (χ0) is 25.2. The number of ether oxygens (including phenoxy) is 4. The summed E-state index contributed by atoms with van der Waals surface area (Å²) in [5.41, 5.74) is 2.55. The van der Waals surface area contributed by atoms with E-state index >= 15 is 0 Å². The first-order valence-corrected chi connectivity index (χ1v) is 12.3. The van der Waals surface area contributed by atoms with Crippen LogP contribution in [0.1, 0.15) is 20.8 Å². The second-order valence-corrected chi connectivity index (χ2v) is 9.51. The van der Waals surface area contributed by atoms with Gasteiger partial charge in [-0.1, -0.05) is 12.1 Å². The number of benzene rings is 2. The van der Waals surface area contributed by atoms with E-state index in [4.69, 9.17) is 23.9 Å². The molecule has 1 amide bonds. The number of hydrogen-bond acceptors (Lipinski definition) is 8. The molecule has 0 bridgehead atoms. The largest absolute Gasteiger partial charge is 0.496 e. The van der Waals surface area contributed by atoms with Crippen molar-refractivity contribution in [2.45, 2.75) is 13.1 Å². The number of carbonyl (C=O) groups excluding carboxylic acids is 1. The summed E-state index contributed by atoms with van der Waals surface area (Å²) in [5.74, 6) is 3.46. The maximum atomic E-state index is 13.6. The normalized spacial score (nSPS) is 12.0. The van der Waals surface area contributed by atoms with E-state index in [1.165, 1.54) is 11.3 Å². The van der Waals surface area contributed by atoms with Crippen molar-refractivity contribution in [3.63, 3.8) is 0 Å². The number of nitrogens with zero attached hydrogens (tertiary/aromatic N) is 3. The van der Waals surface area contributed by atoms with Gasteiger partial charge in [0, 0.05) is 31.6 Å². The first kappa shape index (κ1) is 23.7. The fourth-order valence-electron chi connectivity index (χ4n) is 4.31. The third-order valence-electron chi connectivity index (χ3n) is 6.02. The zero-order valence-corrected chi connectivity index (χ0v) is 21.4. The molecule has 186 valence electrons. The minimum absolute atomic E-state index is 0.0509. The van der Waals surface area contributed by atoms with E-state index in [9.17, 15) is 4.79 Å². The van der Waals surface area contributed by atoms with Gasteiger partial charge in [0.05, 0.1) is 25.6 Å². The van der Waals surface area contributed by atoms with Crippen LogP contribution < -0.4 is 23.8 Å². The molecule has 0 spiro atoms. The van der Waals surface area contributed by atoms with E-state index in [-0.39, 0.29) is 12.7 Å². The van der Waals surface area contributed by atoms with Crippen molar-refractivity contribution in [2.75, 3.05) is 40.0 Å². The van der Waals surface area contributed by atoms with Crippen LogP contribution in [0.3, 0.4) is 0 Å². The van der Waals surface area contributed by atoms with Crippen LogP contribution in [0.15, 0.2) is 53.9 Å². The molecule has 0 radical (unpaired) electrons. The molecule has 1 aliphatic rings. The second-order valence-electron chi connectivity index (χ2n) is 8.56. The Morgan fingerprint density at radius 1 is 1.00 bits per heavy atom. The molecule has 0 N–H and O–H groups in total. The predicted molar refractivity (Wildman–Crippen MR) is 140 cm³/mol. The Morgan fingerprint density at radius 2 is 1.78 bits per heavy atom. The van der Waals surface area contributed by atoms with Crippen LogP contribution in [0.2, 0.25) is 0 Å². The van der Waals surface area contributed by atoms with E-state index in [0.29, 0.717) is 46.5 Å². The summed E-state index contributed by atoms with van der Waals surface area (Å²) in [5, 5.41) is 2.73. The van der Waals surface area contributed by atoms with Gasteiger partial charge in [-0.25, -0.2) is 4.98 Å². The lowest BCUT2D eigenvalue weighted by Gasteiger charge is -2.26. The van der Waals surface area contributed by atoms with Gasteiger partial charge in [-0.05, 0) is 47.3 Å². The third kappa shape index (κ3) is 4.49. The number of hydrogen-bond donors (Lipinski definition) is 0. The Balaban J connectivity index is 1.58. The molecule has 1 aliphatic heterocycles. The van der Waals surface area contributed by atoms with Crippen LogP contribution in [0.4, 0.5) is 5.82 Å². The highest BCUT2D eigenvalue weighted by Gasteiger charge is 2.23. The summed E-state index contributed by atoms with van der Waals surface area (Å²) in [6.07, 6.45) is 0. The molecule has 8 nitrogen and oxygen atoms in total. The molecule has 0 saturated heterocycles. The van der Waals surface area contributed by atoms with E-state index in [1.807, 2.05) is 77.8 Å². The fourth-order valence-corrected chi connectivity index (χ4v) is 5.00. The van der Waals surface area contributed by atoms with Crippen molar-refractivity contribution in [1.29, 1.82) is 0 Å². The van der Waals surface area contributed by atoms with E-state index in [2.05, 4.69) is 0 Å². The lowest BCUT2D eigenvalue weighted by Crippen LogP contribution is -2.30. The summed E-state index contributed by atoms with van der Waals surface area (Å²) in [6.45, 7) is 0.951. The number of aromatic nitrogens is 1. The monoisotopic (exact) mass is 505 g/mol. The summed E-state index contributed by atoms with van der Waals surface area (Å²) in [7, 11) is 7.13. The van der Waals surface area contributed by atoms with Gasteiger partial charge in [0.15, 0.2) is 11.5 Å². The zero-order valence-electron chi connectivity index (χ0n) is 20.6. The SMILES string of the molecule is COc1ccc(OC)c2nc(N(C)C)c(CN(Cc3ccc4c(c3)OCO4)C(=O)c3cccs3)cc12. The Morgan fingerprint density at radius 3 is 2.50 bits per heavy atom. The van der Waals surface area contributed by atoms with Gasteiger partial charge in [-0.2, -0.15) is 0 Å². The maximum Gasteiger partial charge on any atom is 0.264 e. The second kappa shape index (κ2) is 9.94. The Kier molecular flexibility index (Phi) is 6.56. The molecule has 5 rings (SSSR count). The molecule has 36 heavy (non-hydrogen) atoms. The van der Waals surface area contributed by atoms with Crippen molar-refractivity contribution in [2.24, 2.45) is 0 Å². The summed E-state index contributed by atoms with van der Waals surface area (Å²) < 4.78 is 22.2. The highest BCUT2D eigenvalue weighted by molar-refractivity contribution is 7.12. The number of carbonyl (C=O) groups is 1. The molecular weight excluding hydrogens is 478 g/mol. The van der Waals surface area contributed by atoms with Crippen LogP contribution in [0.5, 0.6) is 23.0 Å². The third-order valence-corrected chi connectivity index (χ3v) is 6.88. The van der Waals surface area contributed by atoms with Gasteiger partial charge < -0.3 is 28.7 Å². The van der Waals surface area contributed by atoms with Crippen molar-refractivity contribution >= 4 is 34.0 Å². The predicted octanol–water partition coefficient (Wildman–Crippen LogP) is 4.95. The lowest BCUT2D eigenvalue weighted by atomic mass is 10.1. The summed E-state index contributed by atoms with van der Waals surface area (Å²) in [4.78, 5) is 23.0. The van der Waals surface area contributed by atoms with Gasteiger partial charge in [0.1, 0.15) is 22.8 Å². The quantitative estimate of drug-likeness (QED) is 0.335. The molecule has 2 aromatic heterocycles. The fraction of sp³-hybridized carbons (Fsp3) is 0.259. The van der Waals surface area contributed by atoms with Crippen LogP contribution in [0.25, 0.3) is 10.9 Å². The van der Waals surface area contributed by atoms with E-state index in [1.54, 1.807) is 14.2 Å². The van der Waals surface area contributed by atoms with Crippen LogP contribution in [0, 0.1) is 0 Å². The highest BCUT2D eigenvalue weighted by Crippen LogP contribution is 2.36. The van der Waals surface area contributed by atoms with Crippen molar-refractivity contribution < 1.29 is 23.7 Å². The molecular formula is C27H27N3O5S. The Labute approximate surface area is 213 Å². The van der Waals surface area contributed by atoms with Gasteiger partial charge in [0.25, 0.3) is 5.91 Å². The van der Waals surface area contributed by atoms with Gasteiger partial charge >= 0.3 is 0 Å². The lowest BCUT2D eigenvalue weighted by molar-refractivity contribution is 0.0735. The minimum Gasteiger partial charge on any atom is -0.496 e. The van der Waals surface area contributed by atoms with Gasteiger partial charge in [0.2, 0.25) is 6.79 Å². The van der Waals surface area contributed by atoms with Crippen LogP contribution in [-0.2, 0) is 13.1 Å². The molecule has 0 unspecified atom stereocenters. The average Bonchev–Trinajstić information content (AvgIpc) is 3.59. The molecule has 2 aromatic carbocycles. The number of pyridine rings is 1. The highest BCUT2D eigenvalue weighted by atomic mass is 32.1. The van der Waals surface area contributed by atoms with E-state index < -0.39 is 0 Å².